The van der Waals surface area contributed by atoms with Gasteiger partial charge in [-0.1, -0.05) is 18.5 Å². The zero-order valence-corrected chi connectivity index (χ0v) is 9.58. The molecular formula is C10H9ClF3N3. The number of nitrogen functional groups attached to an aromatic ring is 1. The number of aromatic amines is 1. The molecule has 0 aliphatic carbocycles. The van der Waals surface area contributed by atoms with Gasteiger partial charge in [-0.05, 0) is 6.07 Å². The topological polar surface area (TPSA) is 54.7 Å². The second-order valence-electron chi connectivity index (χ2n) is 3.59. The van der Waals surface area contributed by atoms with Gasteiger partial charge in [0.25, 0.3) is 0 Å². The molecule has 1 aromatic heterocycles. The van der Waals surface area contributed by atoms with Crippen molar-refractivity contribution in [2.75, 3.05) is 5.73 Å². The number of nitrogens with one attached hydrogen (secondary N) is 1. The third-order valence-corrected chi connectivity index (χ3v) is 2.81. The maximum Gasteiger partial charge on any atom is 0.418 e. The Hall–Kier alpha value is -1.43. The van der Waals surface area contributed by atoms with Crippen molar-refractivity contribution in [1.82, 2.24) is 9.97 Å². The van der Waals surface area contributed by atoms with E-state index >= 15 is 0 Å². The van der Waals surface area contributed by atoms with Gasteiger partial charge in [0.1, 0.15) is 11.3 Å². The first kappa shape index (κ1) is 12.0. The van der Waals surface area contributed by atoms with Gasteiger partial charge < -0.3 is 10.7 Å². The van der Waals surface area contributed by atoms with Crippen molar-refractivity contribution in [3.8, 4) is 0 Å². The standard InChI is InChI=1S/C10H9ClF3N3/c1-2-6-16-8-5(15)3-4(10(12,13)14)7(11)9(8)17-6/h3H,2,15H2,1H3,(H,16,17). The lowest BCUT2D eigenvalue weighted by Gasteiger charge is -2.10. The van der Waals surface area contributed by atoms with Crippen LogP contribution >= 0.6 is 11.6 Å². The van der Waals surface area contributed by atoms with Gasteiger partial charge in [0, 0.05) is 6.42 Å². The highest BCUT2D eigenvalue weighted by Gasteiger charge is 2.35. The number of anilines is 1. The quantitative estimate of drug-likeness (QED) is 0.775. The Balaban J connectivity index is 2.79. The van der Waals surface area contributed by atoms with Gasteiger partial charge in [0.15, 0.2) is 0 Å². The average molecular weight is 264 g/mol. The Morgan fingerprint density at radius 3 is 2.65 bits per heavy atom. The predicted octanol–water partition coefficient (Wildman–Crippen LogP) is 3.38. The number of aryl methyl sites for hydroxylation is 1. The first-order chi connectivity index (χ1) is 7.84. The number of imidazole rings is 1. The number of H-pyrrole nitrogens is 1. The number of rotatable bonds is 1. The van der Waals surface area contributed by atoms with Crippen molar-refractivity contribution in [3.63, 3.8) is 0 Å². The van der Waals surface area contributed by atoms with E-state index in [-0.39, 0.29) is 11.2 Å². The number of nitrogens with two attached hydrogens (primary N) is 1. The normalized spacial score (nSPS) is 12.3. The molecule has 0 aliphatic rings. The molecule has 0 saturated heterocycles. The molecule has 1 heterocycles. The molecule has 0 unspecified atom stereocenters. The number of aromatic nitrogens is 2. The number of benzene rings is 1. The van der Waals surface area contributed by atoms with Crippen molar-refractivity contribution >= 4 is 28.3 Å². The third kappa shape index (κ3) is 1.93. The van der Waals surface area contributed by atoms with Crippen LogP contribution in [0.1, 0.15) is 18.3 Å². The largest absolute Gasteiger partial charge is 0.418 e. The number of fused-ring (bicyclic) bond motifs is 1. The predicted molar refractivity (Wildman–Crippen MR) is 59.9 cm³/mol. The fraction of sp³-hybridized carbons (Fsp3) is 0.300. The lowest BCUT2D eigenvalue weighted by molar-refractivity contribution is -0.137. The highest BCUT2D eigenvalue weighted by atomic mass is 35.5. The number of alkyl halides is 3. The second kappa shape index (κ2) is 3.80. The van der Waals surface area contributed by atoms with Crippen LogP contribution in [-0.4, -0.2) is 9.97 Å². The molecule has 17 heavy (non-hydrogen) atoms. The molecule has 3 N–H and O–H groups in total. The van der Waals surface area contributed by atoms with Crippen molar-refractivity contribution in [1.29, 1.82) is 0 Å². The molecule has 0 atom stereocenters. The van der Waals surface area contributed by atoms with E-state index in [1.807, 2.05) is 6.92 Å². The van der Waals surface area contributed by atoms with Crippen LogP contribution < -0.4 is 5.73 Å². The zero-order chi connectivity index (χ0) is 12.8. The maximum atomic E-state index is 12.7. The second-order valence-corrected chi connectivity index (χ2v) is 3.96. The highest BCUT2D eigenvalue weighted by Crippen LogP contribution is 2.40. The number of halogens is 4. The Labute approximate surface area is 99.8 Å². The van der Waals surface area contributed by atoms with Gasteiger partial charge in [0.05, 0.1) is 21.8 Å². The number of hydrogen-bond donors (Lipinski definition) is 2. The molecule has 0 saturated carbocycles. The van der Waals surface area contributed by atoms with Crippen molar-refractivity contribution in [2.45, 2.75) is 19.5 Å². The van der Waals surface area contributed by atoms with Crippen LogP contribution in [0.5, 0.6) is 0 Å². The molecule has 0 spiro atoms. The summed E-state index contributed by atoms with van der Waals surface area (Å²) in [7, 11) is 0. The molecule has 0 fully saturated rings. The van der Waals surface area contributed by atoms with Crippen molar-refractivity contribution < 1.29 is 13.2 Å². The summed E-state index contributed by atoms with van der Waals surface area (Å²) in [5, 5.41) is -0.419. The Bertz CT molecular complexity index is 574. The van der Waals surface area contributed by atoms with Crippen molar-refractivity contribution in [2.24, 2.45) is 0 Å². The summed E-state index contributed by atoms with van der Waals surface area (Å²) in [6, 6.07) is 0.822. The summed E-state index contributed by atoms with van der Waals surface area (Å²) < 4.78 is 38.0. The first-order valence-corrected chi connectivity index (χ1v) is 5.26. The lowest BCUT2D eigenvalue weighted by atomic mass is 10.1. The van der Waals surface area contributed by atoms with Crippen LogP contribution in [0, 0.1) is 0 Å². The summed E-state index contributed by atoms with van der Waals surface area (Å²) in [5.74, 6) is 0.549. The van der Waals surface area contributed by atoms with Crippen LogP contribution in [-0.2, 0) is 12.6 Å². The molecular weight excluding hydrogens is 255 g/mol. The van der Waals surface area contributed by atoms with Gasteiger partial charge >= 0.3 is 6.18 Å². The van der Waals surface area contributed by atoms with E-state index in [1.165, 1.54) is 0 Å². The van der Waals surface area contributed by atoms with Crippen LogP contribution in [0.4, 0.5) is 18.9 Å². The smallest absolute Gasteiger partial charge is 0.397 e. The van der Waals surface area contributed by atoms with Crippen molar-refractivity contribution in [3.05, 3.63) is 22.5 Å². The Morgan fingerprint density at radius 2 is 2.12 bits per heavy atom. The number of hydrogen-bond acceptors (Lipinski definition) is 2. The highest BCUT2D eigenvalue weighted by molar-refractivity contribution is 6.36. The molecule has 0 bridgehead atoms. The monoisotopic (exact) mass is 263 g/mol. The summed E-state index contributed by atoms with van der Waals surface area (Å²) in [5.41, 5.74) is 5.00. The fourth-order valence-electron chi connectivity index (χ4n) is 1.58. The third-order valence-electron chi connectivity index (χ3n) is 2.43. The molecule has 92 valence electrons. The molecule has 0 amide bonds. The van der Waals surface area contributed by atoms with Crippen LogP contribution in [0.2, 0.25) is 5.02 Å². The fourth-order valence-corrected chi connectivity index (χ4v) is 1.88. The van der Waals surface area contributed by atoms with E-state index in [1.54, 1.807) is 0 Å². The van der Waals surface area contributed by atoms with Crippen LogP contribution in [0.15, 0.2) is 6.07 Å². The number of nitrogens with zero attached hydrogens (tertiary/aromatic N) is 1. The average Bonchev–Trinajstić information content (AvgIpc) is 2.66. The van der Waals surface area contributed by atoms with Gasteiger partial charge in [-0.25, -0.2) is 4.98 Å². The molecule has 2 aromatic rings. The van der Waals surface area contributed by atoms with Gasteiger partial charge in [0.2, 0.25) is 0 Å². The van der Waals surface area contributed by atoms with E-state index in [9.17, 15) is 13.2 Å². The van der Waals surface area contributed by atoms with Crippen LogP contribution in [0.25, 0.3) is 11.0 Å². The minimum atomic E-state index is -4.54. The van der Waals surface area contributed by atoms with Crippen LogP contribution in [0.3, 0.4) is 0 Å². The maximum absolute atomic E-state index is 12.7. The molecule has 3 nitrogen and oxygen atoms in total. The molecule has 7 heteroatoms. The summed E-state index contributed by atoms with van der Waals surface area (Å²) in [4.78, 5) is 6.84. The SMILES string of the molecule is CCc1nc2c(Cl)c(C(F)(F)F)cc(N)c2[nH]1. The summed E-state index contributed by atoms with van der Waals surface area (Å²) >= 11 is 5.71. The summed E-state index contributed by atoms with van der Waals surface area (Å²) in [6.45, 7) is 1.83. The van der Waals surface area contributed by atoms with Gasteiger partial charge in [-0.2, -0.15) is 13.2 Å². The van der Waals surface area contributed by atoms with E-state index in [0.717, 1.165) is 6.07 Å². The van der Waals surface area contributed by atoms with E-state index in [4.69, 9.17) is 17.3 Å². The molecule has 2 rings (SSSR count). The first-order valence-electron chi connectivity index (χ1n) is 4.88. The van der Waals surface area contributed by atoms with Gasteiger partial charge in [-0.15, -0.1) is 0 Å². The molecule has 1 aromatic carbocycles. The zero-order valence-electron chi connectivity index (χ0n) is 8.82. The lowest BCUT2D eigenvalue weighted by Crippen LogP contribution is -2.07. The Morgan fingerprint density at radius 1 is 1.47 bits per heavy atom. The van der Waals surface area contributed by atoms with Gasteiger partial charge in [-0.3, -0.25) is 0 Å². The minimum Gasteiger partial charge on any atom is -0.397 e. The molecule has 0 aliphatic heterocycles. The summed E-state index contributed by atoms with van der Waals surface area (Å²) in [6.07, 6.45) is -3.98. The molecule has 0 radical (unpaired) electrons. The van der Waals surface area contributed by atoms with E-state index in [0.29, 0.717) is 17.8 Å². The van der Waals surface area contributed by atoms with E-state index in [2.05, 4.69) is 9.97 Å². The Kier molecular flexibility index (Phi) is 2.69. The minimum absolute atomic E-state index is 0.0103. The van der Waals surface area contributed by atoms with E-state index < -0.39 is 16.8 Å².